The second kappa shape index (κ2) is 13.4. The third-order valence-corrected chi connectivity index (χ3v) is 10.8. The zero-order chi connectivity index (χ0) is 33.5. The summed E-state index contributed by atoms with van der Waals surface area (Å²) in [6.07, 6.45) is 7.32. The molecule has 4 N–H and O–H groups in total. The Morgan fingerprint density at radius 1 is 1.11 bits per heavy atom. The number of aryl methyl sites for hydroxylation is 1. The van der Waals surface area contributed by atoms with Crippen molar-refractivity contribution in [1.29, 1.82) is 5.26 Å². The van der Waals surface area contributed by atoms with E-state index in [1.807, 2.05) is 26.8 Å². The highest BCUT2D eigenvalue weighted by Crippen LogP contribution is 2.46. The third-order valence-electron chi connectivity index (χ3n) is 9.78. The van der Waals surface area contributed by atoms with Crippen LogP contribution in [0.2, 0.25) is 0 Å². The maximum Gasteiger partial charge on any atom is 0.162 e. The number of nitrogen functional groups attached to an aromatic ring is 1. The first kappa shape index (κ1) is 33.1. The van der Waals surface area contributed by atoms with E-state index in [0.29, 0.717) is 49.7 Å². The Morgan fingerprint density at radius 3 is 2.57 bits per heavy atom. The normalized spacial score (nSPS) is 19.5. The Morgan fingerprint density at radius 2 is 1.85 bits per heavy atom. The third kappa shape index (κ3) is 5.72. The fourth-order valence-corrected chi connectivity index (χ4v) is 8.63. The number of nitrogens with zero attached hydrogens (tertiary/aromatic N) is 5. The first-order valence-electron chi connectivity index (χ1n) is 16.6. The van der Waals surface area contributed by atoms with Gasteiger partial charge in [0.25, 0.3) is 0 Å². The predicted molar refractivity (Wildman–Crippen MR) is 184 cm³/mol. The fourth-order valence-electron chi connectivity index (χ4n) is 7.71. The molecule has 0 saturated carbocycles. The fraction of sp³-hybridized carbons (Fsp3) is 0.486. The molecule has 7 rings (SSSR count). The number of pyridine rings is 1. The quantitative estimate of drug-likeness (QED) is 0.207. The molecule has 3 aromatic heterocycles. The number of aromatic nitrogens is 3. The Labute approximate surface area is 277 Å². The summed E-state index contributed by atoms with van der Waals surface area (Å²) in [4.78, 5) is 16.4. The zero-order valence-electron chi connectivity index (χ0n) is 27.2. The number of rotatable bonds is 4. The monoisotopic (exact) mass is 662 g/mol. The van der Waals surface area contributed by atoms with Crippen molar-refractivity contribution in [2.45, 2.75) is 71.3 Å². The van der Waals surface area contributed by atoms with Crippen LogP contribution in [-0.4, -0.2) is 58.1 Å². The SMILES string of the molecule is C=C1C[C@@H](C)CNCCNc2nc(CCC34CCCN3CCC4)nc3c(F)c(-c4ncc(F)c5sc(N)c(C#N)c45)c(F)c1c23.CC. The van der Waals surface area contributed by atoms with E-state index in [1.165, 1.54) is 0 Å². The first-order chi connectivity index (χ1) is 22.7. The number of nitriles is 1. The van der Waals surface area contributed by atoms with E-state index in [0.717, 1.165) is 62.7 Å². The number of allylic oxidation sites excluding steroid dienone is 1. The minimum Gasteiger partial charge on any atom is -0.389 e. The van der Waals surface area contributed by atoms with Gasteiger partial charge in [0.1, 0.15) is 34.0 Å². The molecule has 2 fully saturated rings. The van der Waals surface area contributed by atoms with Gasteiger partial charge in [0.05, 0.1) is 33.1 Å². The Kier molecular flexibility index (Phi) is 9.43. The van der Waals surface area contributed by atoms with Gasteiger partial charge in [-0.05, 0) is 69.7 Å². The summed E-state index contributed by atoms with van der Waals surface area (Å²) in [7, 11) is 0. The molecule has 0 radical (unpaired) electrons. The molecule has 8 nitrogen and oxygen atoms in total. The van der Waals surface area contributed by atoms with Crippen LogP contribution in [0.4, 0.5) is 24.0 Å². The van der Waals surface area contributed by atoms with Crippen molar-refractivity contribution in [1.82, 2.24) is 25.2 Å². The molecule has 47 heavy (non-hydrogen) atoms. The Bertz CT molecular complexity index is 1890. The van der Waals surface area contributed by atoms with Crippen LogP contribution in [0.15, 0.2) is 12.8 Å². The van der Waals surface area contributed by atoms with Gasteiger partial charge in [0, 0.05) is 36.0 Å². The van der Waals surface area contributed by atoms with Gasteiger partial charge in [-0.3, -0.25) is 9.88 Å². The summed E-state index contributed by atoms with van der Waals surface area (Å²) in [6, 6.07) is 1.98. The highest BCUT2D eigenvalue weighted by atomic mass is 32.1. The lowest BCUT2D eigenvalue weighted by Gasteiger charge is -2.32. The Balaban J connectivity index is 0.00000190. The van der Waals surface area contributed by atoms with Crippen LogP contribution in [0.3, 0.4) is 0 Å². The predicted octanol–water partition coefficient (Wildman–Crippen LogP) is 7.42. The summed E-state index contributed by atoms with van der Waals surface area (Å²) in [5, 5.41) is 16.9. The number of nitrogens with one attached hydrogen (secondary N) is 2. The molecule has 12 heteroatoms. The molecule has 4 aromatic rings. The smallest absolute Gasteiger partial charge is 0.162 e. The van der Waals surface area contributed by atoms with Crippen molar-refractivity contribution in [2.75, 3.05) is 43.8 Å². The van der Waals surface area contributed by atoms with E-state index in [2.05, 4.69) is 27.1 Å². The first-order valence-corrected chi connectivity index (χ1v) is 17.4. The van der Waals surface area contributed by atoms with Crippen LogP contribution in [0.25, 0.3) is 37.8 Å². The molecule has 1 aromatic carbocycles. The van der Waals surface area contributed by atoms with Gasteiger partial charge >= 0.3 is 0 Å². The maximum atomic E-state index is 17.0. The van der Waals surface area contributed by atoms with Crippen LogP contribution in [0.1, 0.15) is 76.2 Å². The zero-order valence-corrected chi connectivity index (χ0v) is 28.0. The van der Waals surface area contributed by atoms with Gasteiger partial charge in [-0.2, -0.15) is 5.26 Å². The summed E-state index contributed by atoms with van der Waals surface area (Å²) < 4.78 is 48.9. The van der Waals surface area contributed by atoms with Gasteiger partial charge in [-0.15, -0.1) is 11.3 Å². The second-order valence-corrected chi connectivity index (χ2v) is 13.7. The number of thiophene rings is 1. The van der Waals surface area contributed by atoms with Gasteiger partial charge < -0.3 is 16.4 Å². The van der Waals surface area contributed by atoms with Crippen molar-refractivity contribution in [3.05, 3.63) is 47.2 Å². The number of fused-ring (bicyclic) bond motifs is 2. The number of benzene rings is 1. The standard InChI is InChI=1S/C33H35F3N8S.C2H6/c1-17-13-18(2)22-24-29(27(36)25(26(22)35)28-23-19(14-37)31(38)45-30(23)20(34)16-41-28)42-21(43-32(24)40-10-9-39-15-17)5-8-33-6-3-11-44(33)12-4-7-33;1-2/h16-17,39H,2-13,15,38H2,1H3,(H,40,42,43);1-2H3/t17-;/m1./s1. The lowest BCUT2D eigenvalue weighted by molar-refractivity contribution is 0.182. The number of halogens is 3. The van der Waals surface area contributed by atoms with E-state index >= 15 is 8.78 Å². The topological polar surface area (TPSA) is 116 Å². The highest BCUT2D eigenvalue weighted by Gasteiger charge is 2.43. The average molecular weight is 663 g/mol. The van der Waals surface area contributed by atoms with Crippen LogP contribution in [-0.2, 0) is 6.42 Å². The van der Waals surface area contributed by atoms with Gasteiger partial charge in [-0.1, -0.05) is 27.4 Å². The Hall–Kier alpha value is -3.79. The van der Waals surface area contributed by atoms with Crippen molar-refractivity contribution < 1.29 is 13.2 Å². The molecular weight excluding hydrogens is 622 g/mol. The minimum atomic E-state index is -0.942. The van der Waals surface area contributed by atoms with Crippen molar-refractivity contribution >= 4 is 48.7 Å². The molecule has 1 atom stereocenters. The molecule has 0 unspecified atom stereocenters. The second-order valence-electron chi connectivity index (χ2n) is 12.7. The van der Waals surface area contributed by atoms with E-state index in [1.54, 1.807) is 0 Å². The number of anilines is 2. The number of hydrogen-bond donors (Lipinski definition) is 3. The molecule has 248 valence electrons. The van der Waals surface area contributed by atoms with Crippen LogP contribution < -0.4 is 16.4 Å². The number of nitrogens with two attached hydrogens (primary N) is 1. The summed E-state index contributed by atoms with van der Waals surface area (Å²) in [6.45, 7) is 14.3. The lowest BCUT2D eigenvalue weighted by Crippen LogP contribution is -2.38. The molecule has 2 saturated heterocycles. The molecule has 3 aliphatic rings. The van der Waals surface area contributed by atoms with Crippen LogP contribution in [0.5, 0.6) is 0 Å². The van der Waals surface area contributed by atoms with Crippen molar-refractivity contribution in [2.24, 2.45) is 5.92 Å². The molecule has 6 heterocycles. The molecule has 0 spiro atoms. The van der Waals surface area contributed by atoms with Crippen LogP contribution >= 0.6 is 11.3 Å². The van der Waals surface area contributed by atoms with E-state index in [4.69, 9.17) is 15.7 Å². The van der Waals surface area contributed by atoms with Gasteiger partial charge in [0.15, 0.2) is 11.6 Å². The molecule has 0 bridgehead atoms. The van der Waals surface area contributed by atoms with Gasteiger partial charge in [-0.25, -0.2) is 23.1 Å². The minimum absolute atomic E-state index is 0.0153. The maximum absolute atomic E-state index is 17.0. The van der Waals surface area contributed by atoms with E-state index in [-0.39, 0.29) is 54.3 Å². The highest BCUT2D eigenvalue weighted by molar-refractivity contribution is 7.23. The summed E-state index contributed by atoms with van der Waals surface area (Å²) >= 11 is 0.851. The molecule has 0 aliphatic carbocycles. The lowest BCUT2D eigenvalue weighted by atomic mass is 9.88. The average Bonchev–Trinajstić information content (AvgIpc) is 3.74. The van der Waals surface area contributed by atoms with Crippen molar-refractivity contribution in [3.63, 3.8) is 0 Å². The number of hydrogen-bond acceptors (Lipinski definition) is 9. The molecular formula is C35H41F3N8S. The summed E-state index contributed by atoms with van der Waals surface area (Å²) in [5.74, 6) is -1.63. The van der Waals surface area contributed by atoms with E-state index in [9.17, 15) is 9.65 Å². The molecule has 0 amide bonds. The largest absolute Gasteiger partial charge is 0.389 e. The van der Waals surface area contributed by atoms with E-state index < -0.39 is 23.0 Å². The van der Waals surface area contributed by atoms with Crippen LogP contribution in [0, 0.1) is 34.7 Å². The van der Waals surface area contributed by atoms with Crippen molar-refractivity contribution in [3.8, 4) is 17.3 Å². The summed E-state index contributed by atoms with van der Waals surface area (Å²) in [5.41, 5.74) is 5.94. The van der Waals surface area contributed by atoms with Gasteiger partial charge in [0.2, 0.25) is 0 Å². The molecule has 3 aliphatic heterocycles.